The van der Waals surface area contributed by atoms with Crippen LogP contribution in [0.2, 0.25) is 0 Å². The van der Waals surface area contributed by atoms with Crippen LogP contribution in [-0.2, 0) is 4.74 Å². The number of hydrogen-bond acceptors (Lipinski definition) is 2. The fraction of sp³-hybridized carbons (Fsp3) is 1.00. The van der Waals surface area contributed by atoms with E-state index in [9.17, 15) is 5.11 Å². The third-order valence-corrected chi connectivity index (χ3v) is 2.97. The zero-order valence-corrected chi connectivity index (χ0v) is 8.12. The van der Waals surface area contributed by atoms with Crippen molar-refractivity contribution in [2.75, 3.05) is 7.11 Å². The average Bonchev–Trinajstić information content (AvgIpc) is 2.16. The van der Waals surface area contributed by atoms with Crippen LogP contribution in [0.3, 0.4) is 0 Å². The molecule has 0 aromatic carbocycles. The lowest BCUT2D eigenvalue weighted by molar-refractivity contribution is -0.0374. The molecule has 3 unspecified atom stereocenters. The molecule has 0 saturated heterocycles. The summed E-state index contributed by atoms with van der Waals surface area (Å²) in [7, 11) is 1.76. The van der Waals surface area contributed by atoms with Crippen molar-refractivity contribution in [3.63, 3.8) is 0 Å². The summed E-state index contributed by atoms with van der Waals surface area (Å²) in [5.41, 5.74) is 0. The smallest absolute Gasteiger partial charge is 0.0624 e. The molecule has 2 heteroatoms. The van der Waals surface area contributed by atoms with Crippen LogP contribution in [-0.4, -0.2) is 24.4 Å². The maximum Gasteiger partial charge on any atom is 0.0624 e. The molecule has 0 amide bonds. The van der Waals surface area contributed by atoms with Crippen LogP contribution in [0.15, 0.2) is 0 Å². The van der Waals surface area contributed by atoms with Gasteiger partial charge in [-0.2, -0.15) is 0 Å². The summed E-state index contributed by atoms with van der Waals surface area (Å²) in [6.45, 7) is 2.03. The van der Waals surface area contributed by atoms with Gasteiger partial charge in [0, 0.05) is 13.0 Å². The summed E-state index contributed by atoms with van der Waals surface area (Å²) in [4.78, 5) is 0. The molecule has 0 spiro atoms. The van der Waals surface area contributed by atoms with Crippen molar-refractivity contribution in [2.45, 2.75) is 51.2 Å². The predicted molar refractivity (Wildman–Crippen MR) is 49.1 cm³/mol. The maximum absolute atomic E-state index is 9.70. The molecule has 2 nitrogen and oxygen atoms in total. The van der Waals surface area contributed by atoms with Gasteiger partial charge in [-0.1, -0.05) is 19.8 Å². The average molecular weight is 172 g/mol. The van der Waals surface area contributed by atoms with Gasteiger partial charge < -0.3 is 9.84 Å². The monoisotopic (exact) mass is 172 g/mol. The molecule has 0 aliphatic heterocycles. The number of methoxy groups -OCH3 is 1. The molecule has 0 heterocycles. The normalized spacial score (nSPS) is 33.2. The Hall–Kier alpha value is -0.0800. The minimum atomic E-state index is -0.157. The summed E-state index contributed by atoms with van der Waals surface area (Å²) in [6, 6.07) is 0. The second-order valence-corrected chi connectivity index (χ2v) is 3.70. The van der Waals surface area contributed by atoms with Gasteiger partial charge in [0.15, 0.2) is 0 Å². The topological polar surface area (TPSA) is 29.5 Å². The van der Waals surface area contributed by atoms with Crippen molar-refractivity contribution in [1.29, 1.82) is 0 Å². The fourth-order valence-electron chi connectivity index (χ4n) is 2.16. The number of rotatable bonds is 3. The van der Waals surface area contributed by atoms with Crippen LogP contribution >= 0.6 is 0 Å². The van der Waals surface area contributed by atoms with Crippen LogP contribution < -0.4 is 0 Å². The van der Waals surface area contributed by atoms with Crippen molar-refractivity contribution in [2.24, 2.45) is 5.92 Å². The van der Waals surface area contributed by atoms with E-state index in [4.69, 9.17) is 4.74 Å². The summed E-state index contributed by atoms with van der Waals surface area (Å²) >= 11 is 0. The van der Waals surface area contributed by atoms with E-state index in [1.54, 1.807) is 7.11 Å². The standard InChI is InChI=1S/C10H20O2/c1-3-9(11)8-6-4-5-7-10(8)12-2/h8-11H,3-7H2,1-2H3. The number of aliphatic hydroxyl groups excluding tert-OH is 1. The SMILES string of the molecule is CCC(O)C1CCCCC1OC. The molecule has 1 saturated carbocycles. The highest BCUT2D eigenvalue weighted by Crippen LogP contribution is 2.29. The van der Waals surface area contributed by atoms with E-state index in [1.807, 2.05) is 6.92 Å². The lowest BCUT2D eigenvalue weighted by Gasteiger charge is -2.33. The third-order valence-electron chi connectivity index (χ3n) is 2.97. The van der Waals surface area contributed by atoms with Crippen LogP contribution in [0.25, 0.3) is 0 Å². The number of ether oxygens (including phenoxy) is 1. The summed E-state index contributed by atoms with van der Waals surface area (Å²) in [6.07, 6.45) is 5.76. The molecule has 1 rings (SSSR count). The van der Waals surface area contributed by atoms with Crippen molar-refractivity contribution in [3.05, 3.63) is 0 Å². The number of hydrogen-bond donors (Lipinski definition) is 1. The van der Waals surface area contributed by atoms with E-state index < -0.39 is 0 Å². The minimum Gasteiger partial charge on any atom is -0.393 e. The first kappa shape index (κ1) is 10.0. The molecule has 3 atom stereocenters. The molecule has 72 valence electrons. The second-order valence-electron chi connectivity index (χ2n) is 3.70. The first-order valence-corrected chi connectivity index (χ1v) is 5.00. The van der Waals surface area contributed by atoms with Crippen LogP contribution in [0.5, 0.6) is 0 Å². The van der Waals surface area contributed by atoms with E-state index in [0.717, 1.165) is 19.3 Å². The van der Waals surface area contributed by atoms with Gasteiger partial charge in [-0.3, -0.25) is 0 Å². The Morgan fingerprint density at radius 1 is 1.42 bits per heavy atom. The van der Waals surface area contributed by atoms with Gasteiger partial charge in [-0.25, -0.2) is 0 Å². The van der Waals surface area contributed by atoms with Gasteiger partial charge >= 0.3 is 0 Å². The molecule has 0 aromatic heterocycles. The van der Waals surface area contributed by atoms with Crippen LogP contribution in [0, 0.1) is 5.92 Å². The van der Waals surface area contributed by atoms with Crippen LogP contribution in [0.4, 0.5) is 0 Å². The second kappa shape index (κ2) is 4.83. The van der Waals surface area contributed by atoms with E-state index in [1.165, 1.54) is 12.8 Å². The van der Waals surface area contributed by atoms with E-state index in [0.29, 0.717) is 12.0 Å². The molecule has 1 N–H and O–H groups in total. The summed E-state index contributed by atoms with van der Waals surface area (Å²) in [5.74, 6) is 0.383. The third kappa shape index (κ3) is 2.20. The van der Waals surface area contributed by atoms with Gasteiger partial charge in [0.25, 0.3) is 0 Å². The quantitative estimate of drug-likeness (QED) is 0.705. The highest BCUT2D eigenvalue weighted by molar-refractivity contribution is 4.80. The molecular weight excluding hydrogens is 152 g/mol. The molecule has 12 heavy (non-hydrogen) atoms. The Kier molecular flexibility index (Phi) is 4.02. The van der Waals surface area contributed by atoms with E-state index >= 15 is 0 Å². The molecule has 1 fully saturated rings. The van der Waals surface area contributed by atoms with Gasteiger partial charge in [-0.15, -0.1) is 0 Å². The summed E-state index contributed by atoms with van der Waals surface area (Å²) in [5, 5.41) is 9.70. The first-order chi connectivity index (χ1) is 5.79. The van der Waals surface area contributed by atoms with E-state index in [-0.39, 0.29) is 6.10 Å². The maximum atomic E-state index is 9.70. The zero-order chi connectivity index (χ0) is 8.97. The molecular formula is C10H20O2. The Balaban J connectivity index is 2.46. The minimum absolute atomic E-state index is 0.157. The summed E-state index contributed by atoms with van der Waals surface area (Å²) < 4.78 is 5.37. The zero-order valence-electron chi connectivity index (χ0n) is 8.12. The predicted octanol–water partition coefficient (Wildman–Crippen LogP) is 1.96. The van der Waals surface area contributed by atoms with Gasteiger partial charge in [0.2, 0.25) is 0 Å². The Labute approximate surface area is 74.9 Å². The van der Waals surface area contributed by atoms with Crippen molar-refractivity contribution in [1.82, 2.24) is 0 Å². The van der Waals surface area contributed by atoms with Crippen molar-refractivity contribution >= 4 is 0 Å². The van der Waals surface area contributed by atoms with Crippen LogP contribution in [0.1, 0.15) is 39.0 Å². The Morgan fingerprint density at radius 3 is 2.67 bits per heavy atom. The first-order valence-electron chi connectivity index (χ1n) is 5.00. The van der Waals surface area contributed by atoms with Crippen molar-refractivity contribution < 1.29 is 9.84 Å². The largest absolute Gasteiger partial charge is 0.393 e. The molecule has 0 bridgehead atoms. The van der Waals surface area contributed by atoms with Gasteiger partial charge in [0.1, 0.15) is 0 Å². The molecule has 0 radical (unpaired) electrons. The number of aliphatic hydroxyl groups is 1. The molecule has 0 aromatic rings. The lowest BCUT2D eigenvalue weighted by Crippen LogP contribution is -2.35. The van der Waals surface area contributed by atoms with Crippen molar-refractivity contribution in [3.8, 4) is 0 Å². The Bertz CT molecular complexity index is 125. The van der Waals surface area contributed by atoms with Gasteiger partial charge in [-0.05, 0) is 19.3 Å². The lowest BCUT2D eigenvalue weighted by atomic mass is 9.82. The highest BCUT2D eigenvalue weighted by atomic mass is 16.5. The molecule has 1 aliphatic carbocycles. The molecule has 1 aliphatic rings. The highest BCUT2D eigenvalue weighted by Gasteiger charge is 2.29. The van der Waals surface area contributed by atoms with Gasteiger partial charge in [0.05, 0.1) is 12.2 Å². The Morgan fingerprint density at radius 2 is 2.08 bits per heavy atom. The van der Waals surface area contributed by atoms with E-state index in [2.05, 4.69) is 0 Å². The fourth-order valence-corrected chi connectivity index (χ4v) is 2.16.